The molecule has 0 saturated carbocycles. The summed E-state index contributed by atoms with van der Waals surface area (Å²) in [5.41, 5.74) is 11.8. The number of primary amides is 1. The molecule has 7 heteroatoms. The van der Waals surface area contributed by atoms with E-state index in [9.17, 15) is 4.79 Å². The van der Waals surface area contributed by atoms with Crippen LogP contribution >= 0.6 is 23.2 Å². The van der Waals surface area contributed by atoms with E-state index < -0.39 is 6.03 Å². The van der Waals surface area contributed by atoms with Gasteiger partial charge in [-0.2, -0.15) is 0 Å². The summed E-state index contributed by atoms with van der Waals surface area (Å²) in [6.07, 6.45) is 2.63. The van der Waals surface area contributed by atoms with Gasteiger partial charge in [-0.15, -0.1) is 0 Å². The molecule has 0 spiro atoms. The van der Waals surface area contributed by atoms with Gasteiger partial charge in [-0.25, -0.2) is 9.79 Å². The Balaban J connectivity index is 2.31. The van der Waals surface area contributed by atoms with E-state index in [0.717, 1.165) is 19.3 Å². The van der Waals surface area contributed by atoms with Crippen molar-refractivity contribution in [1.29, 1.82) is 0 Å². The smallest absolute Gasteiger partial charge is 0.315 e. The molecule has 1 saturated heterocycles. The van der Waals surface area contributed by atoms with Crippen LogP contribution in [0.15, 0.2) is 23.2 Å². The second-order valence-electron chi connectivity index (χ2n) is 4.65. The van der Waals surface area contributed by atoms with E-state index in [1.807, 2.05) is 0 Å². The number of rotatable bonds is 2. The van der Waals surface area contributed by atoms with Crippen LogP contribution in [-0.4, -0.2) is 29.4 Å². The lowest BCUT2D eigenvalue weighted by molar-refractivity contribution is 0.181. The number of hydrogen-bond acceptors (Lipinski definition) is 2. The first-order valence-electron chi connectivity index (χ1n) is 6.35. The monoisotopic (exact) mass is 314 g/mol. The van der Waals surface area contributed by atoms with E-state index in [-0.39, 0.29) is 6.04 Å². The maximum Gasteiger partial charge on any atom is 0.315 e. The standard InChI is InChI=1S/C13H16Cl2N4O/c14-8-4-3-5-9(15)11(8)18-12(16)10-6-1-2-7-19(10)13(17)20/h3-5,10H,1-2,6-7H2,(H2,16,18)(H2,17,20). The summed E-state index contributed by atoms with van der Waals surface area (Å²) in [5, 5.41) is 0.837. The van der Waals surface area contributed by atoms with Gasteiger partial charge in [0.15, 0.2) is 0 Å². The van der Waals surface area contributed by atoms with Crippen molar-refractivity contribution in [2.75, 3.05) is 6.54 Å². The fourth-order valence-electron chi connectivity index (χ4n) is 2.30. The van der Waals surface area contributed by atoms with E-state index in [0.29, 0.717) is 28.1 Å². The molecule has 1 aromatic rings. The SMILES string of the molecule is NC(=O)N1CCCCC1C(N)=Nc1c(Cl)cccc1Cl. The Kier molecular flexibility index (Phi) is 4.73. The normalized spacial score (nSPS) is 20.0. The molecule has 1 unspecified atom stereocenters. The van der Waals surface area contributed by atoms with Gasteiger partial charge in [-0.05, 0) is 31.4 Å². The van der Waals surface area contributed by atoms with Crippen LogP contribution in [0.2, 0.25) is 10.0 Å². The van der Waals surface area contributed by atoms with E-state index in [4.69, 9.17) is 34.7 Å². The van der Waals surface area contributed by atoms with Crippen molar-refractivity contribution >= 4 is 40.8 Å². The number of para-hydroxylation sites is 1. The Bertz CT molecular complexity index is 527. The van der Waals surface area contributed by atoms with E-state index in [1.54, 1.807) is 18.2 Å². The minimum Gasteiger partial charge on any atom is -0.385 e. The first-order valence-corrected chi connectivity index (χ1v) is 7.10. The number of amidine groups is 1. The Labute approximate surface area is 127 Å². The first-order chi connectivity index (χ1) is 9.50. The molecule has 2 amide bonds. The molecule has 0 aliphatic carbocycles. The zero-order valence-corrected chi connectivity index (χ0v) is 12.4. The topological polar surface area (TPSA) is 84.7 Å². The summed E-state index contributed by atoms with van der Waals surface area (Å²) in [6, 6.07) is 4.32. The molecule has 1 aliphatic rings. The summed E-state index contributed by atoms with van der Waals surface area (Å²) in [4.78, 5) is 17.3. The van der Waals surface area contributed by atoms with Crippen LogP contribution in [0.4, 0.5) is 10.5 Å². The number of hydrogen-bond donors (Lipinski definition) is 2. The van der Waals surface area contributed by atoms with Crippen LogP contribution in [-0.2, 0) is 0 Å². The van der Waals surface area contributed by atoms with Gasteiger partial charge < -0.3 is 16.4 Å². The number of carbonyl (C=O) groups excluding carboxylic acids is 1. The number of carbonyl (C=O) groups is 1. The minimum atomic E-state index is -0.488. The number of nitrogens with zero attached hydrogens (tertiary/aromatic N) is 2. The predicted octanol–water partition coefficient (Wildman–Crippen LogP) is 2.92. The molecule has 1 heterocycles. The average Bonchev–Trinajstić information content (AvgIpc) is 2.43. The van der Waals surface area contributed by atoms with Crippen molar-refractivity contribution in [3.8, 4) is 0 Å². The largest absolute Gasteiger partial charge is 0.385 e. The molecular weight excluding hydrogens is 299 g/mol. The summed E-state index contributed by atoms with van der Waals surface area (Å²) in [6.45, 7) is 0.590. The van der Waals surface area contributed by atoms with Gasteiger partial charge >= 0.3 is 6.03 Å². The van der Waals surface area contributed by atoms with Crippen molar-refractivity contribution in [2.45, 2.75) is 25.3 Å². The van der Waals surface area contributed by atoms with Crippen molar-refractivity contribution < 1.29 is 4.79 Å². The summed E-state index contributed by atoms with van der Waals surface area (Å²) in [7, 11) is 0. The molecule has 0 aromatic heterocycles. The highest BCUT2D eigenvalue weighted by molar-refractivity contribution is 6.38. The quantitative estimate of drug-likeness (QED) is 0.649. The van der Waals surface area contributed by atoms with Crippen LogP contribution in [0.3, 0.4) is 0 Å². The summed E-state index contributed by atoms with van der Waals surface area (Å²) < 4.78 is 0. The van der Waals surface area contributed by atoms with E-state index >= 15 is 0 Å². The molecule has 1 fully saturated rings. The molecule has 0 radical (unpaired) electrons. The number of aliphatic imine (C=N–C) groups is 1. The third-order valence-corrected chi connectivity index (χ3v) is 3.92. The number of urea groups is 1. The van der Waals surface area contributed by atoms with Crippen LogP contribution in [0.5, 0.6) is 0 Å². The molecular formula is C13H16Cl2N4O. The highest BCUT2D eigenvalue weighted by atomic mass is 35.5. The minimum absolute atomic E-state index is 0.298. The average molecular weight is 315 g/mol. The molecule has 5 nitrogen and oxygen atoms in total. The van der Waals surface area contributed by atoms with Crippen molar-refractivity contribution in [2.24, 2.45) is 16.5 Å². The molecule has 20 heavy (non-hydrogen) atoms. The number of benzene rings is 1. The van der Waals surface area contributed by atoms with Crippen LogP contribution in [0.25, 0.3) is 0 Å². The highest BCUT2D eigenvalue weighted by Gasteiger charge is 2.28. The molecule has 4 N–H and O–H groups in total. The second-order valence-corrected chi connectivity index (χ2v) is 5.46. The van der Waals surface area contributed by atoms with Crippen molar-refractivity contribution in [1.82, 2.24) is 4.90 Å². The Hall–Kier alpha value is -1.46. The van der Waals surface area contributed by atoms with Gasteiger partial charge in [0.05, 0.1) is 16.1 Å². The zero-order valence-electron chi connectivity index (χ0n) is 10.9. The number of likely N-dealkylation sites (tertiary alicyclic amines) is 1. The fraction of sp³-hybridized carbons (Fsp3) is 0.385. The van der Waals surface area contributed by atoms with Crippen molar-refractivity contribution in [3.05, 3.63) is 28.2 Å². The fourth-order valence-corrected chi connectivity index (χ4v) is 2.78. The van der Waals surface area contributed by atoms with Gasteiger partial charge in [-0.1, -0.05) is 29.3 Å². The second kappa shape index (κ2) is 6.33. The Morgan fingerprint density at radius 2 is 1.90 bits per heavy atom. The number of nitrogens with two attached hydrogens (primary N) is 2. The lowest BCUT2D eigenvalue weighted by Crippen LogP contribution is -2.52. The Morgan fingerprint density at radius 3 is 2.50 bits per heavy atom. The zero-order chi connectivity index (χ0) is 14.7. The third kappa shape index (κ3) is 3.16. The van der Waals surface area contributed by atoms with Gasteiger partial charge in [-0.3, -0.25) is 0 Å². The molecule has 2 rings (SSSR count). The molecule has 1 atom stereocenters. The molecule has 0 bridgehead atoms. The molecule has 1 aromatic carbocycles. The third-order valence-electron chi connectivity index (χ3n) is 3.31. The predicted molar refractivity (Wildman–Crippen MR) is 81.7 cm³/mol. The van der Waals surface area contributed by atoms with E-state index in [1.165, 1.54) is 4.90 Å². The maximum absolute atomic E-state index is 11.4. The lowest BCUT2D eigenvalue weighted by atomic mass is 10.0. The summed E-state index contributed by atoms with van der Waals surface area (Å²) in [5.74, 6) is 0.304. The van der Waals surface area contributed by atoms with Crippen LogP contribution in [0, 0.1) is 0 Å². The highest BCUT2D eigenvalue weighted by Crippen LogP contribution is 2.33. The van der Waals surface area contributed by atoms with Gasteiger partial charge in [0.2, 0.25) is 0 Å². The van der Waals surface area contributed by atoms with Gasteiger partial charge in [0, 0.05) is 6.54 Å². The Morgan fingerprint density at radius 1 is 1.25 bits per heavy atom. The number of halogens is 2. The van der Waals surface area contributed by atoms with Gasteiger partial charge in [0.1, 0.15) is 11.5 Å². The first kappa shape index (κ1) is 14.9. The van der Waals surface area contributed by atoms with E-state index in [2.05, 4.69) is 4.99 Å². The van der Waals surface area contributed by atoms with Crippen LogP contribution < -0.4 is 11.5 Å². The lowest BCUT2D eigenvalue weighted by Gasteiger charge is -2.33. The molecule has 108 valence electrons. The van der Waals surface area contributed by atoms with Crippen molar-refractivity contribution in [3.63, 3.8) is 0 Å². The van der Waals surface area contributed by atoms with Gasteiger partial charge in [0.25, 0.3) is 0 Å². The molecule has 1 aliphatic heterocycles. The maximum atomic E-state index is 11.4. The summed E-state index contributed by atoms with van der Waals surface area (Å²) >= 11 is 12.1. The number of piperidine rings is 1. The van der Waals surface area contributed by atoms with Crippen LogP contribution in [0.1, 0.15) is 19.3 Å². The number of amides is 2.